The number of carbonyl (C=O) groups excluding carboxylic acids is 1. The van der Waals surface area contributed by atoms with Crippen molar-refractivity contribution in [2.75, 3.05) is 18.0 Å². The Morgan fingerprint density at radius 3 is 2.89 bits per heavy atom. The second kappa shape index (κ2) is 5.64. The normalized spacial score (nSPS) is 19.3. The molecule has 0 spiro atoms. The van der Waals surface area contributed by atoms with Gasteiger partial charge in [0.05, 0.1) is 9.40 Å². The molecular formula is C12H12BrFN2O3. The van der Waals surface area contributed by atoms with Crippen LogP contribution in [0, 0.1) is 21.8 Å². The molecule has 5 nitrogen and oxygen atoms in total. The van der Waals surface area contributed by atoms with E-state index in [0.717, 1.165) is 31.3 Å². The lowest BCUT2D eigenvalue weighted by molar-refractivity contribution is -0.384. The standard InChI is InChI=1S/C12H12BrFN2O3/c13-9-4-12(16(18)19)11(5-10(9)14)15-3-1-2-8(6-15)7-17/h4-5,7-8H,1-3,6H2. The van der Waals surface area contributed by atoms with Gasteiger partial charge in [0.15, 0.2) is 0 Å². The van der Waals surface area contributed by atoms with E-state index in [9.17, 15) is 19.3 Å². The second-order valence-electron chi connectivity index (χ2n) is 4.50. The zero-order valence-corrected chi connectivity index (χ0v) is 11.6. The Bertz CT molecular complexity index is 524. The highest BCUT2D eigenvalue weighted by Crippen LogP contribution is 2.35. The number of anilines is 1. The van der Waals surface area contributed by atoms with Gasteiger partial charge >= 0.3 is 0 Å². The maximum atomic E-state index is 13.6. The van der Waals surface area contributed by atoms with Crippen LogP contribution >= 0.6 is 15.9 Å². The lowest BCUT2D eigenvalue weighted by Crippen LogP contribution is -2.36. The number of hydrogen-bond donors (Lipinski definition) is 0. The first-order valence-corrected chi connectivity index (χ1v) is 6.66. The van der Waals surface area contributed by atoms with Gasteiger partial charge in [0.2, 0.25) is 0 Å². The second-order valence-corrected chi connectivity index (χ2v) is 5.35. The van der Waals surface area contributed by atoms with Crippen molar-refractivity contribution in [2.45, 2.75) is 12.8 Å². The van der Waals surface area contributed by atoms with Gasteiger partial charge in [0, 0.05) is 31.1 Å². The number of carbonyl (C=O) groups is 1. The SMILES string of the molecule is O=CC1CCCN(c2cc(F)c(Br)cc2[N+](=O)[O-])C1. The van der Waals surface area contributed by atoms with Crippen molar-refractivity contribution in [3.05, 3.63) is 32.5 Å². The van der Waals surface area contributed by atoms with Crippen LogP contribution in [0.2, 0.25) is 0 Å². The quantitative estimate of drug-likeness (QED) is 0.485. The number of hydrogen-bond acceptors (Lipinski definition) is 4. The molecule has 0 radical (unpaired) electrons. The van der Waals surface area contributed by atoms with Crippen molar-refractivity contribution in [3.8, 4) is 0 Å². The maximum absolute atomic E-state index is 13.6. The van der Waals surface area contributed by atoms with E-state index in [-0.39, 0.29) is 21.8 Å². The van der Waals surface area contributed by atoms with E-state index in [2.05, 4.69) is 15.9 Å². The van der Waals surface area contributed by atoms with Gasteiger partial charge in [-0.25, -0.2) is 4.39 Å². The molecule has 1 aromatic carbocycles. The predicted octanol–water partition coefficient (Wildman–Crippen LogP) is 2.91. The summed E-state index contributed by atoms with van der Waals surface area (Å²) in [7, 11) is 0. The number of nitrogens with zero attached hydrogens (tertiary/aromatic N) is 2. The van der Waals surface area contributed by atoms with Crippen molar-refractivity contribution < 1.29 is 14.1 Å². The highest BCUT2D eigenvalue weighted by Gasteiger charge is 2.26. The van der Waals surface area contributed by atoms with Crippen molar-refractivity contribution in [3.63, 3.8) is 0 Å². The number of halogens is 2. The van der Waals surface area contributed by atoms with Crippen LogP contribution in [-0.4, -0.2) is 24.3 Å². The Morgan fingerprint density at radius 2 is 2.26 bits per heavy atom. The van der Waals surface area contributed by atoms with E-state index in [1.54, 1.807) is 4.90 Å². The van der Waals surface area contributed by atoms with Crippen molar-refractivity contribution >= 4 is 33.6 Å². The van der Waals surface area contributed by atoms with Gasteiger partial charge in [0.1, 0.15) is 17.8 Å². The molecule has 19 heavy (non-hydrogen) atoms. The van der Waals surface area contributed by atoms with E-state index < -0.39 is 10.7 Å². The Labute approximate surface area is 117 Å². The predicted molar refractivity (Wildman–Crippen MR) is 71.8 cm³/mol. The van der Waals surface area contributed by atoms with Gasteiger partial charge in [-0.15, -0.1) is 0 Å². The molecule has 102 valence electrons. The molecule has 1 heterocycles. The van der Waals surface area contributed by atoms with Crippen LogP contribution < -0.4 is 4.90 Å². The molecule has 0 aromatic heterocycles. The third-order valence-electron chi connectivity index (χ3n) is 3.21. The number of nitro groups is 1. The van der Waals surface area contributed by atoms with Gasteiger partial charge in [-0.2, -0.15) is 0 Å². The molecule has 1 atom stereocenters. The van der Waals surface area contributed by atoms with Gasteiger partial charge < -0.3 is 9.69 Å². The topological polar surface area (TPSA) is 63.5 Å². The van der Waals surface area contributed by atoms with Crippen LogP contribution in [0.1, 0.15) is 12.8 Å². The van der Waals surface area contributed by atoms with Crippen LogP contribution in [0.15, 0.2) is 16.6 Å². The van der Waals surface area contributed by atoms with E-state index in [4.69, 9.17) is 0 Å². The van der Waals surface area contributed by atoms with Crippen LogP contribution in [0.5, 0.6) is 0 Å². The average molecular weight is 331 g/mol. The fourth-order valence-corrected chi connectivity index (χ4v) is 2.60. The van der Waals surface area contributed by atoms with Crippen LogP contribution in [0.3, 0.4) is 0 Å². The molecule has 0 N–H and O–H groups in total. The van der Waals surface area contributed by atoms with Gasteiger partial charge in [0.25, 0.3) is 5.69 Å². The highest BCUT2D eigenvalue weighted by atomic mass is 79.9. The van der Waals surface area contributed by atoms with Crippen LogP contribution in [-0.2, 0) is 4.79 Å². The number of nitro benzene ring substituents is 1. The molecular weight excluding hydrogens is 319 g/mol. The zero-order valence-electron chi connectivity index (χ0n) is 10.0. The lowest BCUT2D eigenvalue weighted by atomic mass is 9.99. The first kappa shape index (κ1) is 13.9. The monoisotopic (exact) mass is 330 g/mol. The Morgan fingerprint density at radius 1 is 1.53 bits per heavy atom. The molecule has 1 aromatic rings. The summed E-state index contributed by atoms with van der Waals surface area (Å²) in [4.78, 5) is 23.0. The zero-order chi connectivity index (χ0) is 14.0. The molecule has 0 aliphatic carbocycles. The average Bonchev–Trinajstić information content (AvgIpc) is 2.41. The fraction of sp³-hybridized carbons (Fsp3) is 0.417. The van der Waals surface area contributed by atoms with Gasteiger partial charge in [-0.1, -0.05) is 0 Å². The number of benzene rings is 1. The van der Waals surface area contributed by atoms with Crippen LogP contribution in [0.4, 0.5) is 15.8 Å². The van der Waals surface area contributed by atoms with Crippen LogP contribution in [0.25, 0.3) is 0 Å². The largest absolute Gasteiger partial charge is 0.365 e. The molecule has 1 aliphatic heterocycles. The summed E-state index contributed by atoms with van der Waals surface area (Å²) in [5.74, 6) is -0.700. The number of aldehydes is 1. The van der Waals surface area contributed by atoms with Crippen molar-refractivity contribution in [1.29, 1.82) is 0 Å². The molecule has 2 rings (SSSR count). The highest BCUT2D eigenvalue weighted by molar-refractivity contribution is 9.10. The summed E-state index contributed by atoms with van der Waals surface area (Å²) in [5.41, 5.74) is 0.0806. The smallest absolute Gasteiger partial charge is 0.293 e. The first-order chi connectivity index (χ1) is 9.02. The summed E-state index contributed by atoms with van der Waals surface area (Å²) in [6.07, 6.45) is 2.39. The van der Waals surface area contributed by atoms with Gasteiger partial charge in [-0.3, -0.25) is 10.1 Å². The maximum Gasteiger partial charge on any atom is 0.293 e. The minimum atomic E-state index is -0.547. The summed E-state index contributed by atoms with van der Waals surface area (Å²) in [5, 5.41) is 11.0. The number of piperidine rings is 1. The summed E-state index contributed by atoms with van der Waals surface area (Å²) in [6, 6.07) is 2.31. The summed E-state index contributed by atoms with van der Waals surface area (Å²) >= 11 is 2.94. The van der Waals surface area contributed by atoms with E-state index in [1.165, 1.54) is 0 Å². The van der Waals surface area contributed by atoms with Crippen molar-refractivity contribution in [1.82, 2.24) is 0 Å². The lowest BCUT2D eigenvalue weighted by Gasteiger charge is -2.31. The summed E-state index contributed by atoms with van der Waals surface area (Å²) in [6.45, 7) is 0.984. The minimum Gasteiger partial charge on any atom is -0.365 e. The van der Waals surface area contributed by atoms with E-state index in [0.29, 0.717) is 13.1 Å². The third kappa shape index (κ3) is 2.91. The Hall–Kier alpha value is -1.50. The molecule has 1 aliphatic rings. The van der Waals surface area contributed by atoms with Gasteiger partial charge in [-0.05, 0) is 28.8 Å². The molecule has 0 bridgehead atoms. The third-order valence-corrected chi connectivity index (χ3v) is 3.81. The fourth-order valence-electron chi connectivity index (χ4n) is 2.27. The first-order valence-electron chi connectivity index (χ1n) is 5.86. The van der Waals surface area contributed by atoms with E-state index in [1.807, 2.05) is 0 Å². The molecule has 1 saturated heterocycles. The molecule has 1 fully saturated rings. The minimum absolute atomic E-state index is 0.0619. The van der Waals surface area contributed by atoms with Crippen molar-refractivity contribution in [2.24, 2.45) is 5.92 Å². The van der Waals surface area contributed by atoms with E-state index >= 15 is 0 Å². The molecule has 1 unspecified atom stereocenters. The number of rotatable bonds is 3. The Balaban J connectivity index is 2.40. The molecule has 7 heteroatoms. The molecule has 0 amide bonds. The molecule has 0 saturated carbocycles. The summed E-state index contributed by atoms with van der Waals surface area (Å²) < 4.78 is 13.7. The Kier molecular flexibility index (Phi) is 4.14.